The van der Waals surface area contributed by atoms with Crippen LogP contribution in [0.2, 0.25) is 0 Å². The van der Waals surface area contributed by atoms with Crippen molar-refractivity contribution in [3.05, 3.63) is 48.6 Å². The van der Waals surface area contributed by atoms with Gasteiger partial charge in [0.05, 0.1) is 25.4 Å². The SMILES string of the molecule is CCCCC/C=C\C/C=C\CCCCCCCCCCCC(=O)OCCCCC/C=C\C=C/CCCCCCCCCCCCC(=O)NC(CO)C(O)CCCCCCCCCCCCCCCCCCCCC. The lowest BCUT2D eigenvalue weighted by Gasteiger charge is -2.22. The molecule has 0 fully saturated rings. The number of amides is 1. The van der Waals surface area contributed by atoms with Crippen molar-refractivity contribution in [1.29, 1.82) is 0 Å². The Morgan fingerprint density at radius 2 is 0.716 bits per heavy atom. The van der Waals surface area contributed by atoms with Crippen LogP contribution in [0.4, 0.5) is 0 Å². The fourth-order valence-corrected chi connectivity index (χ4v) is 10.1. The minimum absolute atomic E-state index is 0.0169. The van der Waals surface area contributed by atoms with Gasteiger partial charge in [0.15, 0.2) is 0 Å². The molecule has 0 aliphatic carbocycles. The van der Waals surface area contributed by atoms with Crippen LogP contribution >= 0.6 is 0 Å². The predicted molar refractivity (Wildman–Crippen MR) is 324 cm³/mol. The quantitative estimate of drug-likeness (QED) is 0.0244. The molecule has 74 heavy (non-hydrogen) atoms. The first-order chi connectivity index (χ1) is 36.5. The van der Waals surface area contributed by atoms with E-state index in [0.717, 1.165) is 77.0 Å². The molecule has 0 aromatic heterocycles. The Balaban J connectivity index is 3.47. The van der Waals surface area contributed by atoms with Crippen LogP contribution in [0.5, 0.6) is 0 Å². The third-order valence-corrected chi connectivity index (χ3v) is 15.1. The number of unbranched alkanes of at least 4 members (excludes halogenated alkanes) is 43. The zero-order valence-electron chi connectivity index (χ0n) is 49.6. The van der Waals surface area contributed by atoms with Gasteiger partial charge in [-0.25, -0.2) is 0 Å². The van der Waals surface area contributed by atoms with Gasteiger partial charge in [-0.15, -0.1) is 0 Å². The molecule has 3 N–H and O–H groups in total. The molecule has 0 spiro atoms. The average molecular weight is 1040 g/mol. The van der Waals surface area contributed by atoms with Crippen LogP contribution in [0.1, 0.15) is 348 Å². The fraction of sp³-hybridized carbons (Fsp3) is 0.853. The van der Waals surface area contributed by atoms with Crippen molar-refractivity contribution >= 4 is 11.9 Å². The molecule has 0 saturated heterocycles. The average Bonchev–Trinajstić information content (AvgIpc) is 3.40. The third kappa shape index (κ3) is 59.1. The van der Waals surface area contributed by atoms with Crippen molar-refractivity contribution in [3.63, 3.8) is 0 Å². The van der Waals surface area contributed by atoms with Gasteiger partial charge < -0.3 is 20.3 Å². The predicted octanol–water partition coefficient (Wildman–Crippen LogP) is 20.9. The molecule has 0 aromatic carbocycles. The van der Waals surface area contributed by atoms with Gasteiger partial charge >= 0.3 is 5.97 Å². The van der Waals surface area contributed by atoms with Crippen molar-refractivity contribution in [2.24, 2.45) is 0 Å². The highest BCUT2D eigenvalue weighted by Crippen LogP contribution is 2.18. The molecule has 0 heterocycles. The molecule has 0 aliphatic rings. The monoisotopic (exact) mass is 1040 g/mol. The van der Waals surface area contributed by atoms with Crippen LogP contribution in [0.3, 0.4) is 0 Å². The summed E-state index contributed by atoms with van der Waals surface area (Å²) < 4.78 is 5.47. The van der Waals surface area contributed by atoms with E-state index in [1.807, 2.05) is 0 Å². The van der Waals surface area contributed by atoms with Crippen molar-refractivity contribution in [2.75, 3.05) is 13.2 Å². The first kappa shape index (κ1) is 71.8. The minimum atomic E-state index is -0.673. The summed E-state index contributed by atoms with van der Waals surface area (Å²) in [4.78, 5) is 24.6. The van der Waals surface area contributed by atoms with E-state index in [4.69, 9.17) is 4.74 Å². The van der Waals surface area contributed by atoms with Gasteiger partial charge in [-0.2, -0.15) is 0 Å². The molecule has 6 heteroatoms. The Morgan fingerprint density at radius 3 is 1.14 bits per heavy atom. The van der Waals surface area contributed by atoms with E-state index in [0.29, 0.717) is 25.9 Å². The molecule has 2 unspecified atom stereocenters. The maximum atomic E-state index is 12.5. The third-order valence-electron chi connectivity index (χ3n) is 15.1. The minimum Gasteiger partial charge on any atom is -0.466 e. The molecule has 6 nitrogen and oxygen atoms in total. The topological polar surface area (TPSA) is 95.9 Å². The van der Waals surface area contributed by atoms with Gasteiger partial charge in [0.25, 0.3) is 0 Å². The van der Waals surface area contributed by atoms with Crippen LogP contribution < -0.4 is 5.32 Å². The van der Waals surface area contributed by atoms with Crippen LogP contribution in [-0.2, 0) is 14.3 Å². The standard InChI is InChI=1S/C68H127NO5/c1-3-5-7-9-11-13-15-17-19-21-24-28-32-36-40-44-48-52-56-60-66(71)65(64-70)69-67(72)61-57-53-49-45-41-37-33-29-26-23-27-31-35-39-43-47-51-55-59-63-74-68(73)62-58-54-50-46-42-38-34-30-25-22-20-18-16-14-12-10-8-6-4-2/h12,14,18,20,31,35,39,43,65-66,70-71H,3-11,13,15-17,19,21-30,32-34,36-38,40-42,44-64H2,1-2H3,(H,69,72)/b14-12-,20-18-,35-31-,43-39-. The largest absolute Gasteiger partial charge is 0.466 e. The Labute approximate surface area is 461 Å². The molecular formula is C68H127NO5. The van der Waals surface area contributed by atoms with Gasteiger partial charge in [-0.3, -0.25) is 9.59 Å². The summed E-state index contributed by atoms with van der Waals surface area (Å²) >= 11 is 0. The summed E-state index contributed by atoms with van der Waals surface area (Å²) in [6.45, 7) is 4.91. The lowest BCUT2D eigenvalue weighted by atomic mass is 10.0. The first-order valence-electron chi connectivity index (χ1n) is 32.9. The lowest BCUT2D eigenvalue weighted by Crippen LogP contribution is -2.45. The number of ether oxygens (including phenoxy) is 1. The number of esters is 1. The van der Waals surface area contributed by atoms with Gasteiger partial charge in [-0.1, -0.05) is 294 Å². The molecule has 0 aliphatic heterocycles. The van der Waals surface area contributed by atoms with Crippen LogP contribution in [0.15, 0.2) is 48.6 Å². The Hall–Kier alpha value is -2.18. The second-order valence-electron chi connectivity index (χ2n) is 22.5. The highest BCUT2D eigenvalue weighted by Gasteiger charge is 2.20. The Morgan fingerprint density at radius 1 is 0.392 bits per heavy atom. The molecule has 434 valence electrons. The number of aliphatic hydroxyl groups excluding tert-OH is 2. The number of carbonyl (C=O) groups is 2. The second-order valence-corrected chi connectivity index (χ2v) is 22.5. The van der Waals surface area contributed by atoms with E-state index in [1.165, 1.54) is 238 Å². The summed E-state index contributed by atoms with van der Waals surface area (Å²) in [7, 11) is 0. The highest BCUT2D eigenvalue weighted by atomic mass is 16.5. The number of nitrogens with one attached hydrogen (secondary N) is 1. The van der Waals surface area contributed by atoms with Crippen LogP contribution in [-0.4, -0.2) is 47.4 Å². The summed E-state index contributed by atoms with van der Waals surface area (Å²) in [6, 6.07) is -0.551. The van der Waals surface area contributed by atoms with Crippen molar-refractivity contribution in [1.82, 2.24) is 5.32 Å². The number of carbonyl (C=O) groups excluding carboxylic acids is 2. The molecule has 0 rings (SSSR count). The number of hydrogen-bond acceptors (Lipinski definition) is 5. The molecule has 1 amide bonds. The number of rotatable bonds is 61. The normalized spacial score (nSPS) is 12.9. The zero-order valence-corrected chi connectivity index (χ0v) is 49.6. The summed E-state index contributed by atoms with van der Waals surface area (Å²) in [6.07, 6.45) is 81.3. The van der Waals surface area contributed by atoms with E-state index >= 15 is 0 Å². The maximum absolute atomic E-state index is 12.5. The highest BCUT2D eigenvalue weighted by molar-refractivity contribution is 5.76. The van der Waals surface area contributed by atoms with Gasteiger partial charge in [0.2, 0.25) is 5.91 Å². The molecule has 2 atom stereocenters. The molecule has 0 bridgehead atoms. The van der Waals surface area contributed by atoms with E-state index in [-0.39, 0.29) is 18.5 Å². The number of allylic oxidation sites excluding steroid dienone is 8. The van der Waals surface area contributed by atoms with E-state index in [1.54, 1.807) is 0 Å². The second kappa shape index (κ2) is 63.4. The van der Waals surface area contributed by atoms with Crippen LogP contribution in [0, 0.1) is 0 Å². The molecular weight excluding hydrogens is 911 g/mol. The van der Waals surface area contributed by atoms with Gasteiger partial charge in [0, 0.05) is 12.8 Å². The summed E-state index contributed by atoms with van der Waals surface area (Å²) in [5, 5.41) is 23.4. The lowest BCUT2D eigenvalue weighted by molar-refractivity contribution is -0.143. The Bertz CT molecular complexity index is 1240. The molecule has 0 aromatic rings. The van der Waals surface area contributed by atoms with Gasteiger partial charge in [0.1, 0.15) is 0 Å². The first-order valence-corrected chi connectivity index (χ1v) is 32.9. The fourth-order valence-electron chi connectivity index (χ4n) is 10.1. The number of hydrogen-bond donors (Lipinski definition) is 3. The summed E-state index contributed by atoms with van der Waals surface area (Å²) in [5.74, 6) is -0.0596. The van der Waals surface area contributed by atoms with Crippen molar-refractivity contribution < 1.29 is 24.5 Å². The van der Waals surface area contributed by atoms with Crippen LogP contribution in [0.25, 0.3) is 0 Å². The van der Waals surface area contributed by atoms with E-state index < -0.39 is 12.1 Å². The maximum Gasteiger partial charge on any atom is 0.305 e. The molecule has 0 saturated carbocycles. The van der Waals surface area contributed by atoms with Gasteiger partial charge in [-0.05, 0) is 89.9 Å². The molecule has 0 radical (unpaired) electrons. The number of aliphatic hydroxyl groups is 2. The van der Waals surface area contributed by atoms with Crippen molar-refractivity contribution in [3.8, 4) is 0 Å². The van der Waals surface area contributed by atoms with E-state index in [2.05, 4.69) is 67.8 Å². The van der Waals surface area contributed by atoms with E-state index in [9.17, 15) is 19.8 Å². The van der Waals surface area contributed by atoms with Crippen molar-refractivity contribution in [2.45, 2.75) is 360 Å². The Kier molecular flexibility index (Phi) is 61.5. The zero-order chi connectivity index (χ0) is 53.6. The summed E-state index contributed by atoms with van der Waals surface area (Å²) in [5.41, 5.74) is 0. The smallest absolute Gasteiger partial charge is 0.305 e.